The number of hydrogen-bond acceptors (Lipinski definition) is 1. The van der Waals surface area contributed by atoms with Crippen LogP contribution in [0.5, 0.6) is 0 Å². The predicted octanol–water partition coefficient (Wildman–Crippen LogP) is 3.77. The van der Waals surface area contributed by atoms with Crippen LogP contribution in [-0.4, -0.2) is 0 Å². The average Bonchev–Trinajstić information content (AvgIpc) is 2.01. The van der Waals surface area contributed by atoms with E-state index >= 15 is 0 Å². The van der Waals surface area contributed by atoms with Crippen LogP contribution in [0, 0.1) is 5.82 Å². The normalized spacial score (nSPS) is 10.2. The lowest BCUT2D eigenvalue weighted by Gasteiger charge is -2.02. The van der Waals surface area contributed by atoms with Crippen LogP contribution in [0.4, 0.5) is 4.39 Å². The third kappa shape index (κ3) is 1.98. The molecule has 0 aliphatic rings. The highest BCUT2D eigenvalue weighted by Gasteiger charge is 2.06. The Hall–Kier alpha value is 0.460. The first kappa shape index (κ1) is 9.55. The minimum absolute atomic E-state index is 0.264. The van der Waals surface area contributed by atoms with Gasteiger partial charge in [0.15, 0.2) is 0 Å². The molecule has 0 nitrogen and oxygen atoms in total. The minimum atomic E-state index is -0.264. The van der Waals surface area contributed by atoms with Crippen LogP contribution in [0.25, 0.3) is 0 Å². The van der Waals surface area contributed by atoms with Crippen molar-refractivity contribution in [3.05, 3.63) is 28.0 Å². The van der Waals surface area contributed by atoms with Crippen molar-refractivity contribution in [2.75, 3.05) is 0 Å². The first-order valence-corrected chi connectivity index (χ1v) is 5.24. The van der Waals surface area contributed by atoms with E-state index in [1.54, 1.807) is 12.1 Å². The van der Waals surface area contributed by atoms with E-state index in [0.717, 1.165) is 0 Å². The molecular weight excluding hydrogens is 295 g/mol. The lowest BCUT2D eigenvalue weighted by atomic mass is 10.2. The Labute approximate surface area is 86.9 Å². The third-order valence-electron chi connectivity index (χ3n) is 1.29. The molecule has 0 fully saturated rings. The zero-order chi connectivity index (χ0) is 8.43. The van der Waals surface area contributed by atoms with Crippen molar-refractivity contribution >= 4 is 44.5 Å². The Kier molecular flexibility index (Phi) is 3.40. The molecule has 0 spiro atoms. The molecule has 0 saturated carbocycles. The van der Waals surface area contributed by atoms with Crippen LogP contribution in [-0.2, 0) is 5.33 Å². The molecule has 0 unspecified atom stereocenters. The van der Waals surface area contributed by atoms with Gasteiger partial charge in [0.05, 0.1) is 4.90 Å². The van der Waals surface area contributed by atoms with Gasteiger partial charge < -0.3 is 0 Å². The summed E-state index contributed by atoms with van der Waals surface area (Å²) >= 11 is 10.3. The van der Waals surface area contributed by atoms with Gasteiger partial charge in [-0.1, -0.05) is 22.0 Å². The summed E-state index contributed by atoms with van der Waals surface area (Å²) in [6, 6.07) is 3.50. The maximum Gasteiger partial charge on any atom is 0.141 e. The number of benzene rings is 1. The predicted molar refractivity (Wildman–Crippen MR) is 54.0 cm³/mol. The van der Waals surface area contributed by atoms with E-state index in [2.05, 4.69) is 44.5 Å². The number of hydrogen-bond donors (Lipinski definition) is 1. The molecule has 0 aliphatic heterocycles. The van der Waals surface area contributed by atoms with Gasteiger partial charge in [0.25, 0.3) is 0 Å². The summed E-state index contributed by atoms with van der Waals surface area (Å²) < 4.78 is 13.8. The van der Waals surface area contributed by atoms with Crippen molar-refractivity contribution in [3.8, 4) is 0 Å². The molecule has 1 aromatic carbocycles. The molecule has 0 aromatic heterocycles. The van der Waals surface area contributed by atoms with Gasteiger partial charge in [-0.2, -0.15) is 0 Å². The van der Waals surface area contributed by atoms with Crippen LogP contribution in [0.2, 0.25) is 0 Å². The van der Waals surface area contributed by atoms with E-state index in [4.69, 9.17) is 0 Å². The number of alkyl halides is 1. The summed E-state index contributed by atoms with van der Waals surface area (Å²) in [6.45, 7) is 0. The second kappa shape index (κ2) is 3.92. The van der Waals surface area contributed by atoms with Crippen molar-refractivity contribution < 1.29 is 4.39 Å². The maximum absolute atomic E-state index is 13.1. The van der Waals surface area contributed by atoms with E-state index < -0.39 is 0 Å². The summed E-state index contributed by atoms with van der Waals surface area (Å²) in [5, 5.41) is 0.514. The van der Waals surface area contributed by atoms with E-state index in [9.17, 15) is 4.39 Å². The second-order valence-corrected chi connectivity index (χ2v) is 3.87. The van der Waals surface area contributed by atoms with Gasteiger partial charge >= 0.3 is 0 Å². The van der Waals surface area contributed by atoms with Crippen LogP contribution >= 0.6 is 44.5 Å². The molecule has 4 heteroatoms. The summed E-state index contributed by atoms with van der Waals surface area (Å²) in [4.78, 5) is 0.363. The van der Waals surface area contributed by atoms with Crippen LogP contribution < -0.4 is 0 Å². The summed E-state index contributed by atoms with van der Waals surface area (Å²) in [6.07, 6.45) is 0. The zero-order valence-electron chi connectivity index (χ0n) is 5.44. The van der Waals surface area contributed by atoms with Crippen molar-refractivity contribution in [1.82, 2.24) is 0 Å². The third-order valence-corrected chi connectivity index (χ3v) is 3.30. The zero-order valence-corrected chi connectivity index (χ0v) is 9.51. The monoisotopic (exact) mass is 298 g/mol. The Morgan fingerprint density at radius 3 is 2.64 bits per heavy atom. The molecule has 0 N–H and O–H groups in total. The lowest BCUT2D eigenvalue weighted by Crippen LogP contribution is -1.87. The molecule has 1 aromatic rings. The molecule has 0 saturated heterocycles. The van der Waals surface area contributed by atoms with Gasteiger partial charge in [0.1, 0.15) is 5.82 Å². The van der Waals surface area contributed by atoms with Crippen LogP contribution in [0.3, 0.4) is 0 Å². The molecule has 1 rings (SSSR count). The molecule has 0 bridgehead atoms. The topological polar surface area (TPSA) is 0 Å². The summed E-state index contributed by atoms with van der Waals surface area (Å²) in [7, 11) is 0. The highest BCUT2D eigenvalue weighted by atomic mass is 79.9. The SMILES string of the molecule is Fc1c(CBr)ccc(Br)c1S. The number of rotatable bonds is 1. The van der Waals surface area contributed by atoms with E-state index in [1.165, 1.54) is 0 Å². The molecule has 0 amide bonds. The Morgan fingerprint density at radius 1 is 1.45 bits per heavy atom. The van der Waals surface area contributed by atoms with Crippen molar-refractivity contribution in [1.29, 1.82) is 0 Å². The van der Waals surface area contributed by atoms with Gasteiger partial charge in [-0.15, -0.1) is 12.6 Å². The Morgan fingerprint density at radius 2 is 2.09 bits per heavy atom. The number of thiol groups is 1. The quantitative estimate of drug-likeness (QED) is 0.592. The van der Waals surface area contributed by atoms with Crippen molar-refractivity contribution in [3.63, 3.8) is 0 Å². The van der Waals surface area contributed by atoms with Gasteiger partial charge in [0.2, 0.25) is 0 Å². The van der Waals surface area contributed by atoms with Crippen molar-refractivity contribution in [2.24, 2.45) is 0 Å². The standard InChI is InChI=1S/C7H5Br2FS/c8-3-4-1-2-5(9)7(11)6(4)10/h1-2,11H,3H2. The van der Waals surface area contributed by atoms with E-state index in [1.807, 2.05) is 0 Å². The average molecular weight is 300 g/mol. The van der Waals surface area contributed by atoms with E-state index in [0.29, 0.717) is 20.3 Å². The van der Waals surface area contributed by atoms with Gasteiger partial charge in [0, 0.05) is 9.80 Å². The highest BCUT2D eigenvalue weighted by Crippen LogP contribution is 2.26. The first-order chi connectivity index (χ1) is 5.16. The lowest BCUT2D eigenvalue weighted by molar-refractivity contribution is 0.590. The van der Waals surface area contributed by atoms with Crippen LogP contribution in [0.1, 0.15) is 5.56 Å². The smallest absolute Gasteiger partial charge is 0.141 e. The fraction of sp³-hybridized carbons (Fsp3) is 0.143. The van der Waals surface area contributed by atoms with E-state index in [-0.39, 0.29) is 5.82 Å². The Bertz CT molecular complexity index is 275. The Balaban J connectivity index is 3.25. The van der Waals surface area contributed by atoms with Gasteiger partial charge in [-0.25, -0.2) is 4.39 Å². The molecule has 0 heterocycles. The highest BCUT2D eigenvalue weighted by molar-refractivity contribution is 9.10. The molecule has 60 valence electrons. The molecule has 0 atom stereocenters. The maximum atomic E-state index is 13.1. The molecule has 11 heavy (non-hydrogen) atoms. The molecule has 0 aliphatic carbocycles. The van der Waals surface area contributed by atoms with Gasteiger partial charge in [-0.05, 0) is 27.6 Å². The fourth-order valence-electron chi connectivity index (χ4n) is 0.686. The second-order valence-electron chi connectivity index (χ2n) is 2.00. The molecule has 0 radical (unpaired) electrons. The van der Waals surface area contributed by atoms with Gasteiger partial charge in [-0.3, -0.25) is 0 Å². The summed E-state index contributed by atoms with van der Waals surface area (Å²) in [5.41, 5.74) is 0.623. The fourth-order valence-corrected chi connectivity index (χ4v) is 1.64. The van der Waals surface area contributed by atoms with Crippen molar-refractivity contribution in [2.45, 2.75) is 10.2 Å². The number of halogens is 3. The minimum Gasteiger partial charge on any atom is -0.205 e. The summed E-state index contributed by atoms with van der Waals surface area (Å²) in [5.74, 6) is -0.264. The first-order valence-electron chi connectivity index (χ1n) is 2.88. The largest absolute Gasteiger partial charge is 0.205 e. The molecular formula is C7H5Br2FS. The van der Waals surface area contributed by atoms with Crippen LogP contribution in [0.15, 0.2) is 21.5 Å².